The van der Waals surface area contributed by atoms with Gasteiger partial charge in [-0.25, -0.2) is 12.8 Å². The third kappa shape index (κ3) is 3.88. The van der Waals surface area contributed by atoms with Crippen LogP contribution < -0.4 is 5.32 Å². The molecule has 1 N–H and O–H groups in total. The zero-order chi connectivity index (χ0) is 17.9. The molecule has 1 atom stereocenters. The lowest BCUT2D eigenvalue weighted by atomic mass is 10.2. The second kappa shape index (κ2) is 7.33. The summed E-state index contributed by atoms with van der Waals surface area (Å²) in [4.78, 5) is 12.4. The molecule has 1 fully saturated rings. The molecule has 25 heavy (non-hydrogen) atoms. The molecule has 3 rings (SSSR count). The lowest BCUT2D eigenvalue weighted by molar-refractivity contribution is 0.0946. The summed E-state index contributed by atoms with van der Waals surface area (Å²) in [5.74, 6) is -0.753. The van der Waals surface area contributed by atoms with Crippen LogP contribution in [0.4, 0.5) is 4.39 Å². The Morgan fingerprint density at radius 2 is 1.80 bits per heavy atom. The number of hydrogen-bond acceptors (Lipinski definition) is 3. The number of carbonyl (C=O) groups excluding carboxylic acids is 1. The Morgan fingerprint density at radius 1 is 1.12 bits per heavy atom. The van der Waals surface area contributed by atoms with Crippen molar-refractivity contribution in [2.45, 2.75) is 23.8 Å². The largest absolute Gasteiger partial charge is 0.350 e. The minimum atomic E-state index is -3.57. The number of benzene rings is 2. The lowest BCUT2D eigenvalue weighted by Gasteiger charge is -2.24. The van der Waals surface area contributed by atoms with Crippen molar-refractivity contribution in [3.63, 3.8) is 0 Å². The summed E-state index contributed by atoms with van der Waals surface area (Å²) in [7, 11) is -3.57. The van der Waals surface area contributed by atoms with E-state index in [1.807, 2.05) is 0 Å². The van der Waals surface area contributed by atoms with E-state index >= 15 is 0 Å². The predicted octanol–water partition coefficient (Wildman–Crippen LogP) is 2.41. The van der Waals surface area contributed by atoms with E-state index in [9.17, 15) is 17.6 Å². The summed E-state index contributed by atoms with van der Waals surface area (Å²) >= 11 is 0. The number of nitrogens with zero attached hydrogens (tertiary/aromatic N) is 1. The Kier molecular flexibility index (Phi) is 5.15. The van der Waals surface area contributed by atoms with Gasteiger partial charge in [0.15, 0.2) is 0 Å². The SMILES string of the molecule is O=C(NC[C@H]1CCCN1S(=O)(=O)c1ccccc1)c1ccc(F)cc1. The van der Waals surface area contributed by atoms with Crippen molar-refractivity contribution in [1.82, 2.24) is 9.62 Å². The van der Waals surface area contributed by atoms with Gasteiger partial charge in [-0.1, -0.05) is 18.2 Å². The van der Waals surface area contributed by atoms with E-state index in [4.69, 9.17) is 0 Å². The van der Waals surface area contributed by atoms with Crippen LogP contribution in [0.25, 0.3) is 0 Å². The van der Waals surface area contributed by atoms with Crippen molar-refractivity contribution in [2.24, 2.45) is 0 Å². The van der Waals surface area contributed by atoms with Crippen LogP contribution in [-0.2, 0) is 10.0 Å². The van der Waals surface area contributed by atoms with Gasteiger partial charge in [-0.15, -0.1) is 0 Å². The fourth-order valence-corrected chi connectivity index (χ4v) is 4.69. The van der Waals surface area contributed by atoms with E-state index in [1.54, 1.807) is 30.3 Å². The Bertz CT molecular complexity index is 838. The molecule has 0 unspecified atom stereocenters. The van der Waals surface area contributed by atoms with Crippen LogP contribution in [0.2, 0.25) is 0 Å². The topological polar surface area (TPSA) is 66.5 Å². The van der Waals surface area contributed by atoms with Gasteiger partial charge >= 0.3 is 0 Å². The first-order chi connectivity index (χ1) is 12.0. The second-order valence-electron chi connectivity index (χ2n) is 5.94. The standard InChI is InChI=1S/C18H19FN2O3S/c19-15-10-8-14(9-11-15)18(22)20-13-16-5-4-12-21(16)25(23,24)17-6-2-1-3-7-17/h1-3,6-11,16H,4-5,12-13H2,(H,20,22)/t16-/m1/s1. The van der Waals surface area contributed by atoms with E-state index in [0.717, 1.165) is 6.42 Å². The van der Waals surface area contributed by atoms with Crippen LogP contribution >= 0.6 is 0 Å². The molecule has 0 radical (unpaired) electrons. The lowest BCUT2D eigenvalue weighted by Crippen LogP contribution is -2.43. The third-order valence-corrected chi connectivity index (χ3v) is 6.24. The predicted molar refractivity (Wildman–Crippen MR) is 92.1 cm³/mol. The van der Waals surface area contributed by atoms with E-state index in [1.165, 1.54) is 28.6 Å². The van der Waals surface area contributed by atoms with Gasteiger partial charge in [-0.2, -0.15) is 4.31 Å². The molecular formula is C18H19FN2O3S. The molecule has 1 aliphatic rings. The van der Waals surface area contributed by atoms with Gasteiger partial charge in [0.1, 0.15) is 5.82 Å². The maximum atomic E-state index is 12.9. The van der Waals surface area contributed by atoms with Crippen LogP contribution in [-0.4, -0.2) is 37.8 Å². The van der Waals surface area contributed by atoms with Crippen molar-refractivity contribution >= 4 is 15.9 Å². The van der Waals surface area contributed by atoms with Gasteiger partial charge < -0.3 is 5.32 Å². The van der Waals surface area contributed by atoms with Crippen LogP contribution in [0, 0.1) is 5.82 Å². The van der Waals surface area contributed by atoms with Crippen molar-refractivity contribution in [3.05, 3.63) is 66.0 Å². The molecule has 1 aliphatic heterocycles. The summed E-state index contributed by atoms with van der Waals surface area (Å²) in [5, 5.41) is 2.75. The van der Waals surface area contributed by atoms with Crippen molar-refractivity contribution in [3.8, 4) is 0 Å². The normalized spacial score (nSPS) is 18.2. The molecule has 0 aliphatic carbocycles. The maximum absolute atomic E-state index is 12.9. The molecule has 2 aromatic carbocycles. The number of sulfonamides is 1. The van der Waals surface area contributed by atoms with Crippen LogP contribution in [0.3, 0.4) is 0 Å². The van der Waals surface area contributed by atoms with Gasteiger partial charge in [-0.05, 0) is 49.2 Å². The zero-order valence-corrected chi connectivity index (χ0v) is 14.4. The molecule has 5 nitrogen and oxygen atoms in total. The van der Waals surface area contributed by atoms with Crippen LogP contribution in [0.15, 0.2) is 59.5 Å². The quantitative estimate of drug-likeness (QED) is 0.888. The highest BCUT2D eigenvalue weighted by atomic mass is 32.2. The number of halogens is 1. The van der Waals surface area contributed by atoms with Crippen LogP contribution in [0.5, 0.6) is 0 Å². The molecule has 1 amide bonds. The molecular weight excluding hydrogens is 343 g/mol. The van der Waals surface area contributed by atoms with Crippen molar-refractivity contribution in [2.75, 3.05) is 13.1 Å². The Labute approximate surface area is 146 Å². The highest BCUT2D eigenvalue weighted by Gasteiger charge is 2.35. The summed E-state index contributed by atoms with van der Waals surface area (Å²) in [5.41, 5.74) is 0.344. The first-order valence-corrected chi connectivity index (χ1v) is 9.53. The summed E-state index contributed by atoms with van der Waals surface area (Å²) in [6.45, 7) is 0.663. The summed E-state index contributed by atoms with van der Waals surface area (Å²) in [6, 6.07) is 13.2. The molecule has 1 heterocycles. The molecule has 0 spiro atoms. The summed E-state index contributed by atoms with van der Waals surface area (Å²) in [6.07, 6.45) is 1.44. The minimum Gasteiger partial charge on any atom is -0.350 e. The van der Waals surface area contributed by atoms with Crippen LogP contribution in [0.1, 0.15) is 23.2 Å². The van der Waals surface area contributed by atoms with E-state index < -0.39 is 15.8 Å². The first-order valence-electron chi connectivity index (χ1n) is 8.09. The average Bonchev–Trinajstić information content (AvgIpc) is 3.10. The van der Waals surface area contributed by atoms with E-state index in [0.29, 0.717) is 18.5 Å². The maximum Gasteiger partial charge on any atom is 0.251 e. The molecule has 7 heteroatoms. The minimum absolute atomic E-state index is 0.224. The molecule has 2 aromatic rings. The van der Waals surface area contributed by atoms with Crippen molar-refractivity contribution < 1.29 is 17.6 Å². The average molecular weight is 362 g/mol. The highest BCUT2D eigenvalue weighted by Crippen LogP contribution is 2.25. The molecule has 132 valence electrons. The fraction of sp³-hybridized carbons (Fsp3) is 0.278. The molecule has 0 saturated carbocycles. The zero-order valence-electron chi connectivity index (χ0n) is 13.6. The molecule has 1 saturated heterocycles. The smallest absolute Gasteiger partial charge is 0.251 e. The Morgan fingerprint density at radius 3 is 2.48 bits per heavy atom. The van der Waals surface area contributed by atoms with Gasteiger partial charge in [0.25, 0.3) is 5.91 Å². The highest BCUT2D eigenvalue weighted by molar-refractivity contribution is 7.89. The van der Waals surface area contributed by atoms with Gasteiger partial charge in [0, 0.05) is 24.7 Å². The number of amides is 1. The van der Waals surface area contributed by atoms with Gasteiger partial charge in [0.2, 0.25) is 10.0 Å². The Balaban J connectivity index is 1.68. The number of hydrogen-bond donors (Lipinski definition) is 1. The number of rotatable bonds is 5. The molecule has 0 aromatic heterocycles. The number of nitrogens with one attached hydrogen (secondary N) is 1. The fourth-order valence-electron chi connectivity index (χ4n) is 2.97. The van der Waals surface area contributed by atoms with E-state index in [-0.39, 0.29) is 23.4 Å². The number of carbonyl (C=O) groups is 1. The van der Waals surface area contributed by atoms with Gasteiger partial charge in [0.05, 0.1) is 4.90 Å². The van der Waals surface area contributed by atoms with Gasteiger partial charge in [-0.3, -0.25) is 4.79 Å². The van der Waals surface area contributed by atoms with E-state index in [2.05, 4.69) is 5.32 Å². The third-order valence-electron chi connectivity index (χ3n) is 4.28. The second-order valence-corrected chi connectivity index (χ2v) is 7.83. The first kappa shape index (κ1) is 17.6. The Hall–Kier alpha value is -2.25. The van der Waals surface area contributed by atoms with Crippen molar-refractivity contribution in [1.29, 1.82) is 0 Å². The molecule has 0 bridgehead atoms. The monoisotopic (exact) mass is 362 g/mol. The summed E-state index contributed by atoms with van der Waals surface area (Å²) < 4.78 is 39.9.